The van der Waals surface area contributed by atoms with Crippen LogP contribution in [0.1, 0.15) is 31.0 Å². The van der Waals surface area contributed by atoms with Gasteiger partial charge in [-0.2, -0.15) is 0 Å². The highest BCUT2D eigenvalue weighted by atomic mass is 35.5. The molecule has 1 saturated heterocycles. The van der Waals surface area contributed by atoms with Crippen LogP contribution in [0.15, 0.2) is 42.5 Å². The first kappa shape index (κ1) is 19.0. The molecule has 0 saturated carbocycles. The Bertz CT molecular complexity index is 966. The third kappa shape index (κ3) is 2.91. The van der Waals surface area contributed by atoms with Gasteiger partial charge in [-0.05, 0) is 68.9 Å². The molecule has 1 fully saturated rings. The molecule has 2 bridgehead atoms. The predicted octanol–water partition coefficient (Wildman–Crippen LogP) is 4.37. The Hall–Kier alpha value is -2.31. The Balaban J connectivity index is 1.90. The number of fused-ring (bicyclic) bond motifs is 4. The van der Waals surface area contributed by atoms with E-state index in [2.05, 4.69) is 5.32 Å². The monoisotopic (exact) mass is 416 g/mol. The Labute approximate surface area is 174 Å². The molecule has 5 nitrogen and oxygen atoms in total. The number of thiocarbonyl (C=S) groups is 1. The van der Waals surface area contributed by atoms with E-state index in [1.807, 2.05) is 55.1 Å². The van der Waals surface area contributed by atoms with Crippen molar-refractivity contribution in [2.45, 2.75) is 32.5 Å². The Morgan fingerprint density at radius 3 is 2.86 bits per heavy atom. The molecule has 7 heteroatoms. The van der Waals surface area contributed by atoms with E-state index in [4.69, 9.17) is 33.3 Å². The fourth-order valence-corrected chi connectivity index (χ4v) is 4.70. The second kappa shape index (κ2) is 6.94. The molecule has 0 amide bonds. The zero-order valence-electron chi connectivity index (χ0n) is 15.9. The van der Waals surface area contributed by atoms with E-state index in [0.717, 1.165) is 16.8 Å². The first-order valence-corrected chi connectivity index (χ1v) is 9.96. The Morgan fingerprint density at radius 2 is 2.14 bits per heavy atom. The van der Waals surface area contributed by atoms with Crippen LogP contribution in [0.4, 0.5) is 5.69 Å². The highest BCUT2D eigenvalue weighted by Gasteiger charge is 2.59. The minimum atomic E-state index is -1.05. The second-order valence-electron chi connectivity index (χ2n) is 7.17. The van der Waals surface area contributed by atoms with Gasteiger partial charge in [0, 0.05) is 16.3 Å². The molecular weight excluding hydrogens is 396 g/mol. The molecule has 1 N–H and O–H groups in total. The molecule has 0 aromatic heterocycles. The van der Waals surface area contributed by atoms with E-state index in [1.165, 1.54) is 0 Å². The van der Waals surface area contributed by atoms with Gasteiger partial charge >= 0.3 is 5.97 Å². The molecule has 2 aromatic rings. The summed E-state index contributed by atoms with van der Waals surface area (Å²) in [6.45, 7) is 5.97. The van der Waals surface area contributed by atoms with Crippen LogP contribution in [-0.2, 0) is 9.53 Å². The zero-order valence-corrected chi connectivity index (χ0v) is 17.4. The minimum absolute atomic E-state index is 0.287. The summed E-state index contributed by atoms with van der Waals surface area (Å²) in [4.78, 5) is 14.9. The quantitative estimate of drug-likeness (QED) is 0.592. The smallest absolute Gasteiger partial charge is 0.317 e. The maximum Gasteiger partial charge on any atom is 0.317 e. The van der Waals surface area contributed by atoms with Gasteiger partial charge in [0.15, 0.2) is 5.11 Å². The number of carbonyl (C=O) groups is 1. The lowest BCUT2D eigenvalue weighted by atomic mass is 9.79. The van der Waals surface area contributed by atoms with Crippen LogP contribution in [0, 0.1) is 12.8 Å². The summed E-state index contributed by atoms with van der Waals surface area (Å²) in [7, 11) is 0. The van der Waals surface area contributed by atoms with Gasteiger partial charge in [-0.15, -0.1) is 0 Å². The second-order valence-corrected chi connectivity index (χ2v) is 7.99. The van der Waals surface area contributed by atoms with Crippen molar-refractivity contribution >= 4 is 40.6 Å². The molecule has 28 heavy (non-hydrogen) atoms. The van der Waals surface area contributed by atoms with Crippen molar-refractivity contribution in [3.05, 3.63) is 58.6 Å². The van der Waals surface area contributed by atoms with Gasteiger partial charge in [0.25, 0.3) is 0 Å². The van der Waals surface area contributed by atoms with E-state index in [0.29, 0.717) is 15.9 Å². The molecule has 2 aliphatic heterocycles. The number of benzene rings is 2. The van der Waals surface area contributed by atoms with Crippen molar-refractivity contribution < 1.29 is 14.3 Å². The van der Waals surface area contributed by atoms with Gasteiger partial charge in [0.2, 0.25) is 5.72 Å². The van der Waals surface area contributed by atoms with Crippen molar-refractivity contribution in [2.24, 2.45) is 5.92 Å². The SMILES string of the molecule is CCOC(=O)C1C2NC(=S)N(c3cccc(C)c3)C1(C)Oc1ccc(Cl)cc12. The molecular formula is C21H21ClN2O3S. The van der Waals surface area contributed by atoms with Crippen molar-refractivity contribution in [3.63, 3.8) is 0 Å². The number of ether oxygens (including phenoxy) is 2. The maximum atomic E-state index is 13.0. The van der Waals surface area contributed by atoms with Crippen LogP contribution in [0.25, 0.3) is 0 Å². The summed E-state index contributed by atoms with van der Waals surface area (Å²) >= 11 is 11.9. The Morgan fingerprint density at radius 1 is 1.36 bits per heavy atom. The molecule has 0 aliphatic carbocycles. The average molecular weight is 417 g/mol. The van der Waals surface area contributed by atoms with Gasteiger partial charge in [0.05, 0.1) is 12.6 Å². The number of esters is 1. The summed E-state index contributed by atoms with van der Waals surface area (Å²) in [5.41, 5.74) is 1.69. The fourth-order valence-electron chi connectivity index (χ4n) is 4.10. The van der Waals surface area contributed by atoms with E-state index < -0.39 is 11.6 Å². The van der Waals surface area contributed by atoms with E-state index in [9.17, 15) is 4.79 Å². The number of carbonyl (C=O) groups excluding carboxylic acids is 1. The van der Waals surface area contributed by atoms with Crippen LogP contribution in [0.2, 0.25) is 5.02 Å². The maximum absolute atomic E-state index is 13.0. The topological polar surface area (TPSA) is 50.8 Å². The zero-order chi connectivity index (χ0) is 20.1. The van der Waals surface area contributed by atoms with Crippen LogP contribution in [-0.4, -0.2) is 23.4 Å². The van der Waals surface area contributed by atoms with Crippen LogP contribution >= 0.6 is 23.8 Å². The summed E-state index contributed by atoms with van der Waals surface area (Å²) < 4.78 is 11.9. The number of nitrogens with one attached hydrogen (secondary N) is 1. The van der Waals surface area contributed by atoms with Crippen LogP contribution < -0.4 is 15.0 Å². The van der Waals surface area contributed by atoms with Crippen LogP contribution in [0.3, 0.4) is 0 Å². The van der Waals surface area contributed by atoms with Gasteiger partial charge in [-0.25, -0.2) is 0 Å². The number of halogens is 1. The van der Waals surface area contributed by atoms with Gasteiger partial charge in [-0.1, -0.05) is 23.7 Å². The van der Waals surface area contributed by atoms with Gasteiger partial charge < -0.3 is 14.8 Å². The van der Waals surface area contributed by atoms with Crippen molar-refractivity contribution in [2.75, 3.05) is 11.5 Å². The summed E-state index contributed by atoms with van der Waals surface area (Å²) in [5, 5.41) is 4.39. The van der Waals surface area contributed by atoms with Crippen molar-refractivity contribution in [1.29, 1.82) is 0 Å². The molecule has 3 atom stereocenters. The number of aryl methyl sites for hydroxylation is 1. The number of hydrogen-bond donors (Lipinski definition) is 1. The molecule has 2 aromatic carbocycles. The predicted molar refractivity (Wildman–Crippen MR) is 113 cm³/mol. The number of nitrogens with zero attached hydrogens (tertiary/aromatic N) is 1. The molecule has 0 radical (unpaired) electrons. The van der Waals surface area contributed by atoms with Gasteiger partial charge in [-0.3, -0.25) is 9.69 Å². The first-order chi connectivity index (χ1) is 13.3. The van der Waals surface area contributed by atoms with E-state index in [1.54, 1.807) is 13.0 Å². The lowest BCUT2D eigenvalue weighted by molar-refractivity contribution is -0.159. The van der Waals surface area contributed by atoms with Crippen molar-refractivity contribution in [1.82, 2.24) is 5.32 Å². The number of rotatable bonds is 3. The van der Waals surface area contributed by atoms with E-state index >= 15 is 0 Å². The number of anilines is 1. The Kier molecular flexibility index (Phi) is 4.71. The molecule has 2 aliphatic rings. The first-order valence-electron chi connectivity index (χ1n) is 9.17. The summed E-state index contributed by atoms with van der Waals surface area (Å²) in [6, 6.07) is 13.0. The standard InChI is InChI=1S/C21H21ClN2O3S/c1-4-26-19(25)17-18-15-11-13(22)8-9-16(15)27-21(17,3)24(20(28)23-18)14-7-5-6-12(2)10-14/h5-11,17-18H,4H2,1-3H3,(H,23,28). The molecule has 3 unspecified atom stereocenters. The largest absolute Gasteiger partial charge is 0.466 e. The average Bonchev–Trinajstić information content (AvgIpc) is 2.62. The molecule has 4 rings (SSSR count). The highest BCUT2D eigenvalue weighted by Crippen LogP contribution is 2.50. The summed E-state index contributed by atoms with van der Waals surface area (Å²) in [5.74, 6) is -0.302. The summed E-state index contributed by atoms with van der Waals surface area (Å²) in [6.07, 6.45) is 0. The molecule has 2 heterocycles. The van der Waals surface area contributed by atoms with Crippen LogP contribution in [0.5, 0.6) is 5.75 Å². The van der Waals surface area contributed by atoms with Crippen molar-refractivity contribution in [3.8, 4) is 5.75 Å². The third-order valence-corrected chi connectivity index (χ3v) is 5.80. The fraction of sp³-hybridized carbons (Fsp3) is 0.333. The normalized spacial score (nSPS) is 25.4. The van der Waals surface area contributed by atoms with Gasteiger partial charge in [0.1, 0.15) is 11.7 Å². The highest BCUT2D eigenvalue weighted by molar-refractivity contribution is 7.80. The molecule has 0 spiro atoms. The molecule has 146 valence electrons. The number of hydrogen-bond acceptors (Lipinski definition) is 4. The third-order valence-electron chi connectivity index (χ3n) is 5.26. The van der Waals surface area contributed by atoms with E-state index in [-0.39, 0.29) is 18.6 Å². The lowest BCUT2D eigenvalue weighted by Gasteiger charge is -2.55. The lowest BCUT2D eigenvalue weighted by Crippen LogP contribution is -2.71. The minimum Gasteiger partial charge on any atom is -0.466 e.